The van der Waals surface area contributed by atoms with Crippen molar-refractivity contribution in [1.29, 1.82) is 0 Å². The summed E-state index contributed by atoms with van der Waals surface area (Å²) in [5.74, 6) is -0.675. The van der Waals surface area contributed by atoms with Gasteiger partial charge in [-0.15, -0.1) is 0 Å². The van der Waals surface area contributed by atoms with E-state index in [4.69, 9.17) is 21.1 Å². The van der Waals surface area contributed by atoms with Gasteiger partial charge < -0.3 is 25.2 Å². The molecular formula is C24H24ClFN2O5. The van der Waals surface area contributed by atoms with Crippen LogP contribution in [0.1, 0.15) is 6.42 Å². The van der Waals surface area contributed by atoms with Crippen LogP contribution in [0.2, 0.25) is 5.02 Å². The van der Waals surface area contributed by atoms with Gasteiger partial charge in [-0.25, -0.2) is 4.39 Å². The molecule has 3 rings (SSSR count). The molecule has 0 radical (unpaired) electrons. The average molecular weight is 475 g/mol. The summed E-state index contributed by atoms with van der Waals surface area (Å²) in [6, 6.07) is 17.3. The second-order valence-corrected chi connectivity index (χ2v) is 7.67. The number of amides is 2. The summed E-state index contributed by atoms with van der Waals surface area (Å²) in [7, 11) is 0. The smallest absolute Gasteiger partial charge is 0.258 e. The van der Waals surface area contributed by atoms with Gasteiger partial charge in [-0.1, -0.05) is 41.9 Å². The highest BCUT2D eigenvalue weighted by Gasteiger charge is 2.10. The van der Waals surface area contributed by atoms with Gasteiger partial charge in [0.05, 0.1) is 11.1 Å². The molecule has 3 aromatic rings. The van der Waals surface area contributed by atoms with Crippen molar-refractivity contribution in [1.82, 2.24) is 10.6 Å². The van der Waals surface area contributed by atoms with Gasteiger partial charge in [0.15, 0.2) is 13.2 Å². The predicted molar refractivity (Wildman–Crippen MR) is 123 cm³/mol. The zero-order valence-electron chi connectivity index (χ0n) is 17.7. The lowest BCUT2D eigenvalue weighted by Crippen LogP contribution is -2.37. The summed E-state index contributed by atoms with van der Waals surface area (Å²) in [6.45, 7) is -0.275. The van der Waals surface area contributed by atoms with E-state index in [1.165, 1.54) is 12.1 Å². The SMILES string of the molecule is O=C(COc1ccc2ccccc2c1)NCC[C@H](O)CNC(=O)COc1ccc(Cl)c(F)c1. The number of hydrogen-bond acceptors (Lipinski definition) is 5. The molecule has 0 aliphatic rings. The minimum absolute atomic E-state index is 0.0133. The van der Waals surface area contributed by atoms with E-state index >= 15 is 0 Å². The first-order chi connectivity index (χ1) is 15.9. The van der Waals surface area contributed by atoms with Crippen LogP contribution in [0.25, 0.3) is 10.8 Å². The van der Waals surface area contributed by atoms with Crippen molar-refractivity contribution < 1.29 is 28.6 Å². The molecule has 7 nitrogen and oxygen atoms in total. The summed E-state index contributed by atoms with van der Waals surface area (Å²) in [5, 5.41) is 17.2. The molecule has 0 heterocycles. The predicted octanol–water partition coefficient (Wildman–Crippen LogP) is 3.07. The summed E-state index contributed by atoms with van der Waals surface area (Å²) in [4.78, 5) is 23.8. The van der Waals surface area contributed by atoms with E-state index in [1.54, 1.807) is 6.07 Å². The molecule has 174 valence electrons. The lowest BCUT2D eigenvalue weighted by atomic mass is 10.1. The van der Waals surface area contributed by atoms with E-state index in [1.807, 2.05) is 36.4 Å². The highest BCUT2D eigenvalue weighted by Crippen LogP contribution is 2.21. The van der Waals surface area contributed by atoms with Crippen molar-refractivity contribution in [2.75, 3.05) is 26.3 Å². The molecule has 9 heteroatoms. The lowest BCUT2D eigenvalue weighted by molar-refractivity contribution is -0.124. The van der Waals surface area contributed by atoms with Crippen molar-refractivity contribution in [2.45, 2.75) is 12.5 Å². The van der Waals surface area contributed by atoms with Gasteiger partial charge in [0, 0.05) is 19.2 Å². The summed E-state index contributed by atoms with van der Waals surface area (Å²) in [6.07, 6.45) is -0.616. The molecule has 33 heavy (non-hydrogen) atoms. The maximum absolute atomic E-state index is 13.3. The first-order valence-corrected chi connectivity index (χ1v) is 10.7. The van der Waals surface area contributed by atoms with E-state index in [2.05, 4.69) is 10.6 Å². The Bertz CT molecular complexity index is 1110. The first kappa shape index (κ1) is 24.3. The molecule has 3 aromatic carbocycles. The molecule has 0 saturated heterocycles. The third-order valence-electron chi connectivity index (χ3n) is 4.69. The maximum Gasteiger partial charge on any atom is 0.258 e. The highest BCUT2D eigenvalue weighted by molar-refractivity contribution is 6.30. The third-order valence-corrected chi connectivity index (χ3v) is 4.99. The average Bonchev–Trinajstić information content (AvgIpc) is 2.82. The molecular weight excluding hydrogens is 451 g/mol. The molecule has 0 saturated carbocycles. The van der Waals surface area contributed by atoms with Gasteiger partial charge in [-0.05, 0) is 41.5 Å². The Morgan fingerprint density at radius 3 is 2.27 bits per heavy atom. The monoisotopic (exact) mass is 474 g/mol. The number of halogens is 2. The van der Waals surface area contributed by atoms with Gasteiger partial charge in [-0.3, -0.25) is 9.59 Å². The second-order valence-electron chi connectivity index (χ2n) is 7.26. The van der Waals surface area contributed by atoms with Gasteiger partial charge in [0.25, 0.3) is 11.8 Å². The standard InChI is InChI=1S/C24H24ClFN2O5/c25-21-8-7-20(12-22(21)26)33-15-24(31)28-13-18(29)9-10-27-23(30)14-32-19-6-5-16-3-1-2-4-17(16)11-19/h1-8,11-12,18,29H,9-10,13-15H2,(H,27,30)(H,28,31)/t18-/m0/s1. The molecule has 3 N–H and O–H groups in total. The van der Waals surface area contributed by atoms with Crippen LogP contribution in [0.4, 0.5) is 4.39 Å². The zero-order chi connectivity index (χ0) is 23.6. The molecule has 0 fully saturated rings. The summed E-state index contributed by atoms with van der Waals surface area (Å²) >= 11 is 5.58. The Balaban J connectivity index is 1.28. The van der Waals surface area contributed by atoms with E-state index < -0.39 is 17.8 Å². The largest absolute Gasteiger partial charge is 0.484 e. The molecule has 0 aliphatic heterocycles. The Morgan fingerprint density at radius 1 is 0.909 bits per heavy atom. The number of aliphatic hydroxyl groups excluding tert-OH is 1. The van der Waals surface area contributed by atoms with Crippen LogP contribution in [-0.4, -0.2) is 49.3 Å². The van der Waals surface area contributed by atoms with Crippen LogP contribution >= 0.6 is 11.6 Å². The number of carbonyl (C=O) groups excluding carboxylic acids is 2. The highest BCUT2D eigenvalue weighted by atomic mass is 35.5. The Kier molecular flexibility index (Phi) is 8.86. The van der Waals surface area contributed by atoms with Gasteiger partial charge >= 0.3 is 0 Å². The second kappa shape index (κ2) is 12.0. The van der Waals surface area contributed by atoms with Crippen LogP contribution in [0.5, 0.6) is 11.5 Å². The van der Waals surface area contributed by atoms with E-state index in [0.29, 0.717) is 5.75 Å². The summed E-state index contributed by atoms with van der Waals surface area (Å²) in [5.41, 5.74) is 0. The minimum atomic E-state index is -0.858. The van der Waals surface area contributed by atoms with Crippen LogP contribution in [0.3, 0.4) is 0 Å². The topological polar surface area (TPSA) is 96.9 Å². The Hall–Kier alpha value is -3.36. The van der Waals surface area contributed by atoms with Crippen molar-refractivity contribution in [3.8, 4) is 11.5 Å². The van der Waals surface area contributed by atoms with Crippen LogP contribution in [0.15, 0.2) is 60.7 Å². The van der Waals surface area contributed by atoms with E-state index in [-0.39, 0.29) is 49.4 Å². The van der Waals surface area contributed by atoms with Crippen LogP contribution in [-0.2, 0) is 9.59 Å². The van der Waals surface area contributed by atoms with Gasteiger partial charge in [-0.2, -0.15) is 0 Å². The number of aliphatic hydroxyl groups is 1. The number of ether oxygens (including phenoxy) is 2. The molecule has 0 unspecified atom stereocenters. The number of rotatable bonds is 11. The molecule has 2 amide bonds. The number of carbonyl (C=O) groups is 2. The Labute approximate surface area is 195 Å². The molecule has 0 spiro atoms. The van der Waals surface area contributed by atoms with E-state index in [0.717, 1.165) is 16.8 Å². The lowest BCUT2D eigenvalue weighted by Gasteiger charge is -2.13. The van der Waals surface area contributed by atoms with Gasteiger partial charge in [0.1, 0.15) is 17.3 Å². The third kappa shape index (κ3) is 7.93. The maximum atomic E-state index is 13.3. The number of nitrogens with one attached hydrogen (secondary N) is 2. The molecule has 0 bridgehead atoms. The molecule has 0 aliphatic carbocycles. The van der Waals surface area contributed by atoms with Crippen molar-refractivity contribution >= 4 is 34.2 Å². The van der Waals surface area contributed by atoms with Crippen LogP contribution < -0.4 is 20.1 Å². The first-order valence-electron chi connectivity index (χ1n) is 10.3. The van der Waals surface area contributed by atoms with Crippen LogP contribution in [0, 0.1) is 5.82 Å². The quantitative estimate of drug-likeness (QED) is 0.397. The fraction of sp³-hybridized carbons (Fsp3) is 0.250. The van der Waals surface area contributed by atoms with Gasteiger partial charge in [0.2, 0.25) is 0 Å². The Morgan fingerprint density at radius 2 is 1.55 bits per heavy atom. The van der Waals surface area contributed by atoms with E-state index in [9.17, 15) is 19.1 Å². The van der Waals surface area contributed by atoms with Crippen molar-refractivity contribution in [3.05, 3.63) is 71.5 Å². The van der Waals surface area contributed by atoms with Crippen molar-refractivity contribution in [2.24, 2.45) is 0 Å². The molecule has 0 aromatic heterocycles. The zero-order valence-corrected chi connectivity index (χ0v) is 18.5. The molecule has 1 atom stereocenters. The fourth-order valence-electron chi connectivity index (χ4n) is 2.94. The number of hydrogen-bond donors (Lipinski definition) is 3. The minimum Gasteiger partial charge on any atom is -0.484 e. The van der Waals surface area contributed by atoms with Crippen molar-refractivity contribution in [3.63, 3.8) is 0 Å². The summed E-state index contributed by atoms with van der Waals surface area (Å²) < 4.78 is 24.0. The number of benzene rings is 3. The number of fused-ring (bicyclic) bond motifs is 1. The fourth-order valence-corrected chi connectivity index (χ4v) is 3.05. The normalized spacial score (nSPS) is 11.6.